The van der Waals surface area contributed by atoms with Crippen LogP contribution in [0.2, 0.25) is 0 Å². The number of piperidine rings is 1. The van der Waals surface area contributed by atoms with E-state index in [1.54, 1.807) is 33.0 Å². The molecule has 230 valence electrons. The fraction of sp³-hybridized carbons (Fsp3) is 0.344. The Balaban J connectivity index is 1.87. The topological polar surface area (TPSA) is 110 Å². The zero-order valence-corrected chi connectivity index (χ0v) is 24.9. The van der Waals surface area contributed by atoms with Crippen LogP contribution in [0, 0.1) is 18.6 Å². The molecule has 0 aliphatic carbocycles. The number of phenols is 1. The second kappa shape index (κ2) is 11.4. The number of amides is 1. The van der Waals surface area contributed by atoms with E-state index in [2.05, 4.69) is 16.5 Å². The van der Waals surface area contributed by atoms with E-state index in [1.165, 1.54) is 17.0 Å². The van der Waals surface area contributed by atoms with Crippen molar-refractivity contribution in [2.45, 2.75) is 71.5 Å². The van der Waals surface area contributed by atoms with Crippen LogP contribution in [0.25, 0.3) is 28.1 Å². The summed E-state index contributed by atoms with van der Waals surface area (Å²) in [6, 6.07) is 4.31. The molecule has 44 heavy (non-hydrogen) atoms. The van der Waals surface area contributed by atoms with Crippen LogP contribution in [0.15, 0.2) is 58.5 Å². The van der Waals surface area contributed by atoms with E-state index in [1.807, 2.05) is 13.8 Å². The molecule has 1 aromatic carbocycles. The molecule has 0 bridgehead atoms. The smallest absolute Gasteiger partial charge is 0.322 e. The van der Waals surface area contributed by atoms with Crippen molar-refractivity contribution in [1.82, 2.24) is 24.0 Å². The van der Waals surface area contributed by atoms with Gasteiger partial charge >= 0.3 is 11.1 Å². The molecule has 1 fully saturated rings. The van der Waals surface area contributed by atoms with Gasteiger partial charge in [-0.1, -0.05) is 26.5 Å². The number of hydrogen-bond donors (Lipinski definition) is 1. The van der Waals surface area contributed by atoms with E-state index >= 15 is 4.39 Å². The average Bonchev–Trinajstić information content (AvgIpc) is 2.94. The standard InChI is InChI=1S/C32H32F3N5O4/c1-15(2)26-28(16(3)10-11-36-26)40-29-23(14-22(35)27(37-29)25-21(34)8-7-9-24(25)41)39(31(43)32(40)44)20-12-17(4)38(18(5)13-20)30(42)19(6)33/h7-11,14-15,17-18,20,41H,6,12-13H2,1-5H3/t17-,18-/m0/s1. The second-order valence-corrected chi connectivity index (χ2v) is 11.6. The SMILES string of the molecule is C=C(F)C(=O)N1[C@@H](C)CC(n2c(=O)c(=O)n(-c3c(C)ccnc3C(C)C)c3nc(-c4c(O)cccc4F)c(F)cc32)C[C@@H]1C. The molecule has 0 unspecified atom stereocenters. The monoisotopic (exact) mass is 607 g/mol. The number of aromatic hydroxyl groups is 1. The van der Waals surface area contributed by atoms with Gasteiger partial charge in [0.25, 0.3) is 5.91 Å². The first-order chi connectivity index (χ1) is 20.7. The van der Waals surface area contributed by atoms with Gasteiger partial charge in [0, 0.05) is 30.4 Å². The van der Waals surface area contributed by atoms with Gasteiger partial charge in [0.2, 0.25) is 0 Å². The van der Waals surface area contributed by atoms with Gasteiger partial charge in [-0.3, -0.25) is 28.5 Å². The van der Waals surface area contributed by atoms with E-state index in [9.17, 15) is 28.3 Å². The Hall–Kier alpha value is -4.74. The summed E-state index contributed by atoms with van der Waals surface area (Å²) in [6.07, 6.45) is 1.85. The molecular weight excluding hydrogens is 575 g/mol. The molecule has 2 atom stereocenters. The van der Waals surface area contributed by atoms with Crippen molar-refractivity contribution in [2.24, 2.45) is 0 Å². The summed E-state index contributed by atoms with van der Waals surface area (Å²) >= 11 is 0. The number of phenolic OH excluding ortho intramolecular Hbond substituents is 1. The lowest BCUT2D eigenvalue weighted by atomic mass is 9.92. The third kappa shape index (κ3) is 4.97. The molecule has 0 spiro atoms. The molecule has 4 aromatic rings. The number of fused-ring (bicyclic) bond motifs is 1. The van der Waals surface area contributed by atoms with Gasteiger partial charge in [0.1, 0.15) is 17.3 Å². The summed E-state index contributed by atoms with van der Waals surface area (Å²) in [4.78, 5) is 50.8. The molecule has 5 rings (SSSR count). The Morgan fingerprint density at radius 2 is 1.73 bits per heavy atom. The largest absolute Gasteiger partial charge is 0.507 e. The van der Waals surface area contributed by atoms with Crippen molar-refractivity contribution in [3.8, 4) is 22.7 Å². The van der Waals surface area contributed by atoms with Crippen molar-refractivity contribution >= 4 is 17.1 Å². The molecule has 1 amide bonds. The number of carbonyl (C=O) groups excluding carboxylic acids is 1. The third-order valence-electron chi connectivity index (χ3n) is 8.17. The van der Waals surface area contributed by atoms with Gasteiger partial charge in [-0.15, -0.1) is 0 Å². The number of aryl methyl sites for hydroxylation is 1. The molecule has 1 aliphatic heterocycles. The first-order valence-corrected chi connectivity index (χ1v) is 14.2. The lowest BCUT2D eigenvalue weighted by Gasteiger charge is -2.43. The van der Waals surface area contributed by atoms with E-state index in [0.717, 1.165) is 21.3 Å². The summed E-state index contributed by atoms with van der Waals surface area (Å²) in [7, 11) is 0. The Morgan fingerprint density at radius 1 is 1.07 bits per heavy atom. The van der Waals surface area contributed by atoms with Gasteiger partial charge in [-0.05, 0) is 63.3 Å². The molecule has 1 N–H and O–H groups in total. The summed E-state index contributed by atoms with van der Waals surface area (Å²) in [5.41, 5.74) is -1.86. The summed E-state index contributed by atoms with van der Waals surface area (Å²) < 4.78 is 46.9. The maximum Gasteiger partial charge on any atom is 0.322 e. The minimum Gasteiger partial charge on any atom is -0.507 e. The van der Waals surface area contributed by atoms with Crippen LogP contribution in [-0.4, -0.2) is 47.1 Å². The summed E-state index contributed by atoms with van der Waals surface area (Å²) in [6.45, 7) is 11.9. The van der Waals surface area contributed by atoms with Gasteiger partial charge in [0.05, 0.1) is 22.5 Å². The number of nitrogens with zero attached hydrogens (tertiary/aromatic N) is 5. The van der Waals surface area contributed by atoms with Gasteiger partial charge in [-0.2, -0.15) is 0 Å². The quantitative estimate of drug-likeness (QED) is 0.239. The maximum absolute atomic E-state index is 15.9. The molecule has 9 nitrogen and oxygen atoms in total. The number of benzene rings is 1. The predicted molar refractivity (Wildman–Crippen MR) is 160 cm³/mol. The fourth-order valence-electron chi connectivity index (χ4n) is 6.29. The number of halogens is 3. The third-order valence-corrected chi connectivity index (χ3v) is 8.17. The van der Waals surface area contributed by atoms with Gasteiger partial charge in [-0.25, -0.2) is 18.2 Å². The van der Waals surface area contributed by atoms with Gasteiger partial charge < -0.3 is 10.0 Å². The van der Waals surface area contributed by atoms with Crippen LogP contribution in [0.5, 0.6) is 5.75 Å². The first-order valence-electron chi connectivity index (χ1n) is 14.2. The summed E-state index contributed by atoms with van der Waals surface area (Å²) in [5, 5.41) is 10.5. The number of carbonyl (C=O) groups is 1. The zero-order chi connectivity index (χ0) is 32.2. The lowest BCUT2D eigenvalue weighted by molar-refractivity contribution is -0.135. The Morgan fingerprint density at radius 3 is 2.32 bits per heavy atom. The van der Waals surface area contributed by atoms with Crippen LogP contribution in [0.1, 0.15) is 63.8 Å². The second-order valence-electron chi connectivity index (χ2n) is 11.6. The molecule has 4 heterocycles. The average molecular weight is 608 g/mol. The number of rotatable bonds is 5. The normalized spacial score (nSPS) is 18.7. The predicted octanol–water partition coefficient (Wildman–Crippen LogP) is 5.45. The number of hydrogen-bond acceptors (Lipinski definition) is 6. The van der Waals surface area contributed by atoms with Crippen molar-refractivity contribution in [1.29, 1.82) is 0 Å². The number of aromatic nitrogens is 4. The molecule has 1 aliphatic rings. The lowest BCUT2D eigenvalue weighted by Crippen LogP contribution is -2.52. The van der Waals surface area contributed by atoms with Crippen molar-refractivity contribution in [3.05, 3.63) is 92.5 Å². The molecule has 0 radical (unpaired) electrons. The Bertz CT molecular complexity index is 1920. The van der Waals surface area contributed by atoms with E-state index in [-0.39, 0.29) is 35.6 Å². The zero-order valence-electron chi connectivity index (χ0n) is 24.9. The van der Waals surface area contributed by atoms with Crippen molar-refractivity contribution in [3.63, 3.8) is 0 Å². The molecule has 3 aromatic heterocycles. The molecule has 12 heteroatoms. The van der Waals surface area contributed by atoms with Crippen LogP contribution in [0.3, 0.4) is 0 Å². The highest BCUT2D eigenvalue weighted by atomic mass is 19.1. The van der Waals surface area contributed by atoms with Crippen LogP contribution in [-0.2, 0) is 4.79 Å². The van der Waals surface area contributed by atoms with Crippen LogP contribution < -0.4 is 11.1 Å². The van der Waals surface area contributed by atoms with E-state index in [0.29, 0.717) is 11.3 Å². The Labute approximate surface area is 250 Å². The highest BCUT2D eigenvalue weighted by Crippen LogP contribution is 2.37. The summed E-state index contributed by atoms with van der Waals surface area (Å²) in [5.74, 6) is -4.72. The highest BCUT2D eigenvalue weighted by Gasteiger charge is 2.37. The number of likely N-dealkylation sites (tertiary alicyclic amines) is 1. The van der Waals surface area contributed by atoms with E-state index in [4.69, 9.17) is 0 Å². The van der Waals surface area contributed by atoms with Crippen molar-refractivity contribution < 1.29 is 23.1 Å². The highest BCUT2D eigenvalue weighted by molar-refractivity contribution is 5.91. The minimum atomic E-state index is -1.12. The Kier molecular flexibility index (Phi) is 7.96. The minimum absolute atomic E-state index is 0.0521. The molecule has 0 saturated carbocycles. The van der Waals surface area contributed by atoms with Crippen LogP contribution >= 0.6 is 0 Å². The number of pyridine rings is 2. The fourth-order valence-corrected chi connectivity index (χ4v) is 6.29. The van der Waals surface area contributed by atoms with Crippen molar-refractivity contribution in [2.75, 3.05) is 0 Å². The van der Waals surface area contributed by atoms with Gasteiger partial charge in [0.15, 0.2) is 17.3 Å². The maximum atomic E-state index is 15.9. The van der Waals surface area contributed by atoms with Crippen LogP contribution in [0.4, 0.5) is 13.2 Å². The molecule has 1 saturated heterocycles. The molecular formula is C32H32F3N5O4. The van der Waals surface area contributed by atoms with E-state index < -0.39 is 69.6 Å². The first kappa shape index (κ1) is 30.7.